The van der Waals surface area contributed by atoms with Gasteiger partial charge in [0.15, 0.2) is 0 Å². The van der Waals surface area contributed by atoms with Gasteiger partial charge in [0.25, 0.3) is 0 Å². The molecule has 2 heterocycles. The SMILES string of the molecule is CCOC(=O)CCc1ccc2cc(-c3cccnc3SC(C)C)ccc2n1. The molecule has 0 bridgehead atoms. The zero-order valence-electron chi connectivity index (χ0n) is 15.9. The number of carbonyl (C=O) groups is 1. The summed E-state index contributed by atoms with van der Waals surface area (Å²) in [5.41, 5.74) is 4.12. The molecule has 0 aliphatic carbocycles. The zero-order valence-corrected chi connectivity index (χ0v) is 16.8. The second-order valence-corrected chi connectivity index (χ2v) is 8.10. The molecule has 3 aromatic rings. The van der Waals surface area contributed by atoms with Crippen LogP contribution in [0, 0.1) is 0 Å². The van der Waals surface area contributed by atoms with Crippen molar-refractivity contribution in [3.05, 3.63) is 54.4 Å². The summed E-state index contributed by atoms with van der Waals surface area (Å²) in [6, 6.07) is 14.4. The van der Waals surface area contributed by atoms with E-state index in [1.165, 1.54) is 0 Å². The minimum atomic E-state index is -0.179. The van der Waals surface area contributed by atoms with Gasteiger partial charge in [0.2, 0.25) is 0 Å². The molecule has 0 radical (unpaired) electrons. The zero-order chi connectivity index (χ0) is 19.2. The van der Waals surface area contributed by atoms with E-state index in [1.807, 2.05) is 31.3 Å². The van der Waals surface area contributed by atoms with Crippen LogP contribution in [0.1, 0.15) is 32.9 Å². The minimum Gasteiger partial charge on any atom is -0.466 e. The summed E-state index contributed by atoms with van der Waals surface area (Å²) in [6.07, 6.45) is 2.79. The van der Waals surface area contributed by atoms with E-state index in [0.29, 0.717) is 24.7 Å². The molecular formula is C22H24N2O2S. The van der Waals surface area contributed by atoms with Crippen molar-refractivity contribution in [2.24, 2.45) is 0 Å². The third kappa shape index (κ3) is 5.07. The predicted molar refractivity (Wildman–Crippen MR) is 111 cm³/mol. The lowest BCUT2D eigenvalue weighted by atomic mass is 10.0. The fourth-order valence-corrected chi connectivity index (χ4v) is 3.75. The number of pyridine rings is 2. The predicted octanol–water partition coefficient (Wildman–Crippen LogP) is 5.29. The molecule has 2 aromatic heterocycles. The molecule has 0 fully saturated rings. The first-order chi connectivity index (χ1) is 13.1. The van der Waals surface area contributed by atoms with Gasteiger partial charge in [-0.2, -0.15) is 0 Å². The number of fused-ring (bicyclic) bond motifs is 1. The Hall–Kier alpha value is -2.40. The van der Waals surface area contributed by atoms with Gasteiger partial charge >= 0.3 is 5.97 Å². The molecule has 3 rings (SSSR count). The van der Waals surface area contributed by atoms with Gasteiger partial charge in [-0.25, -0.2) is 4.98 Å². The van der Waals surface area contributed by atoms with Crippen LogP contribution in [0.4, 0.5) is 0 Å². The number of esters is 1. The Morgan fingerprint density at radius 2 is 2.04 bits per heavy atom. The normalized spacial score (nSPS) is 11.1. The van der Waals surface area contributed by atoms with Gasteiger partial charge in [0.05, 0.1) is 18.5 Å². The van der Waals surface area contributed by atoms with Crippen molar-refractivity contribution in [2.75, 3.05) is 6.61 Å². The van der Waals surface area contributed by atoms with Crippen molar-refractivity contribution >= 4 is 28.6 Å². The number of benzene rings is 1. The van der Waals surface area contributed by atoms with Gasteiger partial charge in [-0.05, 0) is 36.8 Å². The summed E-state index contributed by atoms with van der Waals surface area (Å²) >= 11 is 1.77. The first-order valence-corrected chi connectivity index (χ1v) is 10.1. The topological polar surface area (TPSA) is 52.1 Å². The smallest absolute Gasteiger partial charge is 0.306 e. The average Bonchev–Trinajstić information content (AvgIpc) is 2.66. The lowest BCUT2D eigenvalue weighted by Gasteiger charge is -2.11. The third-order valence-corrected chi connectivity index (χ3v) is 5.09. The van der Waals surface area contributed by atoms with E-state index in [0.717, 1.165) is 32.7 Å². The average molecular weight is 381 g/mol. The van der Waals surface area contributed by atoms with Crippen LogP contribution < -0.4 is 0 Å². The maximum Gasteiger partial charge on any atom is 0.306 e. The minimum absolute atomic E-state index is 0.179. The van der Waals surface area contributed by atoms with Crippen LogP contribution in [0.15, 0.2) is 53.7 Å². The second-order valence-electron chi connectivity index (χ2n) is 6.54. The van der Waals surface area contributed by atoms with Crippen molar-refractivity contribution in [3.63, 3.8) is 0 Å². The molecule has 1 aromatic carbocycles. The molecule has 5 heteroatoms. The number of aromatic nitrogens is 2. The van der Waals surface area contributed by atoms with Gasteiger partial charge in [0.1, 0.15) is 5.03 Å². The van der Waals surface area contributed by atoms with Crippen LogP contribution in [0.3, 0.4) is 0 Å². The molecule has 4 nitrogen and oxygen atoms in total. The van der Waals surface area contributed by atoms with Crippen LogP contribution in [0.2, 0.25) is 0 Å². The van der Waals surface area contributed by atoms with Crippen molar-refractivity contribution in [1.82, 2.24) is 9.97 Å². The van der Waals surface area contributed by atoms with Gasteiger partial charge in [-0.1, -0.05) is 32.0 Å². The van der Waals surface area contributed by atoms with Gasteiger partial charge in [-0.15, -0.1) is 11.8 Å². The highest BCUT2D eigenvalue weighted by molar-refractivity contribution is 7.99. The first-order valence-electron chi connectivity index (χ1n) is 9.24. The number of thioether (sulfide) groups is 1. The maximum atomic E-state index is 11.5. The number of rotatable bonds is 7. The van der Waals surface area contributed by atoms with Gasteiger partial charge < -0.3 is 4.74 Å². The molecule has 0 saturated heterocycles. The van der Waals surface area contributed by atoms with Crippen molar-refractivity contribution in [1.29, 1.82) is 0 Å². The highest BCUT2D eigenvalue weighted by atomic mass is 32.2. The number of hydrogen-bond acceptors (Lipinski definition) is 5. The quantitative estimate of drug-likeness (QED) is 0.412. The van der Waals surface area contributed by atoms with E-state index >= 15 is 0 Å². The Bertz CT molecular complexity index is 940. The molecule has 0 aliphatic rings. The molecule has 140 valence electrons. The summed E-state index contributed by atoms with van der Waals surface area (Å²) in [4.78, 5) is 20.8. The van der Waals surface area contributed by atoms with Crippen molar-refractivity contribution in [2.45, 2.75) is 43.9 Å². The largest absolute Gasteiger partial charge is 0.466 e. The van der Waals surface area contributed by atoms with E-state index in [9.17, 15) is 4.79 Å². The Kier molecular flexibility index (Phi) is 6.45. The Labute approximate surface area is 164 Å². The standard InChI is InChI=1S/C22H24N2O2S/c1-4-26-21(25)12-10-18-9-7-17-14-16(8-11-20(17)24-18)19-6-5-13-23-22(19)27-15(2)3/h5-9,11,13-15H,4,10,12H2,1-3H3. The molecule has 0 spiro atoms. The lowest BCUT2D eigenvalue weighted by Crippen LogP contribution is -2.05. The summed E-state index contributed by atoms with van der Waals surface area (Å²) in [7, 11) is 0. The van der Waals surface area contributed by atoms with Crippen LogP contribution >= 0.6 is 11.8 Å². The van der Waals surface area contributed by atoms with E-state index in [-0.39, 0.29) is 5.97 Å². The highest BCUT2D eigenvalue weighted by Crippen LogP contribution is 2.33. The molecule has 27 heavy (non-hydrogen) atoms. The summed E-state index contributed by atoms with van der Waals surface area (Å²) in [5.74, 6) is -0.179. The summed E-state index contributed by atoms with van der Waals surface area (Å²) in [5, 5.41) is 2.60. The van der Waals surface area contributed by atoms with E-state index in [4.69, 9.17) is 4.74 Å². The third-order valence-electron chi connectivity index (χ3n) is 4.07. The van der Waals surface area contributed by atoms with E-state index in [1.54, 1.807) is 11.8 Å². The number of nitrogens with zero attached hydrogens (tertiary/aromatic N) is 2. The van der Waals surface area contributed by atoms with Crippen LogP contribution in [-0.4, -0.2) is 27.8 Å². The molecule has 0 aliphatic heterocycles. The molecule has 0 N–H and O–H groups in total. The molecule has 0 saturated carbocycles. The summed E-state index contributed by atoms with van der Waals surface area (Å²) in [6.45, 7) is 6.58. The Balaban J connectivity index is 1.85. The molecular weight excluding hydrogens is 356 g/mol. The van der Waals surface area contributed by atoms with Crippen LogP contribution in [0.5, 0.6) is 0 Å². The number of ether oxygens (including phenoxy) is 1. The van der Waals surface area contributed by atoms with Gasteiger partial charge in [-0.3, -0.25) is 9.78 Å². The van der Waals surface area contributed by atoms with Crippen molar-refractivity contribution < 1.29 is 9.53 Å². The monoisotopic (exact) mass is 380 g/mol. The fraction of sp³-hybridized carbons (Fsp3) is 0.318. The Morgan fingerprint density at radius 1 is 1.19 bits per heavy atom. The fourth-order valence-electron chi connectivity index (χ4n) is 2.87. The number of carbonyl (C=O) groups excluding carboxylic acids is 1. The molecule has 0 amide bonds. The number of hydrogen-bond donors (Lipinski definition) is 0. The number of aryl methyl sites for hydroxylation is 1. The Morgan fingerprint density at radius 3 is 2.81 bits per heavy atom. The molecule has 0 unspecified atom stereocenters. The second kappa shape index (κ2) is 9.00. The van der Waals surface area contributed by atoms with E-state index in [2.05, 4.69) is 48.1 Å². The first kappa shape index (κ1) is 19.4. The van der Waals surface area contributed by atoms with Crippen LogP contribution in [-0.2, 0) is 16.0 Å². The maximum absolute atomic E-state index is 11.5. The summed E-state index contributed by atoms with van der Waals surface area (Å²) < 4.78 is 4.98. The van der Waals surface area contributed by atoms with Gasteiger partial charge in [0, 0.05) is 34.5 Å². The van der Waals surface area contributed by atoms with Crippen LogP contribution in [0.25, 0.3) is 22.0 Å². The van der Waals surface area contributed by atoms with Crippen molar-refractivity contribution in [3.8, 4) is 11.1 Å². The lowest BCUT2D eigenvalue weighted by molar-refractivity contribution is -0.143. The highest BCUT2D eigenvalue weighted by Gasteiger charge is 2.10. The molecule has 0 atom stereocenters. The van der Waals surface area contributed by atoms with E-state index < -0.39 is 0 Å².